The molecule has 0 saturated carbocycles. The first-order chi connectivity index (χ1) is 8.49. The second-order valence-electron chi connectivity index (χ2n) is 4.77. The number of nitrogens with zero attached hydrogens (tertiary/aromatic N) is 2. The van der Waals surface area contributed by atoms with Crippen LogP contribution >= 0.6 is 11.3 Å². The maximum atomic E-state index is 10.2. The molecule has 4 nitrogen and oxygen atoms in total. The Labute approximate surface area is 108 Å². The van der Waals surface area contributed by atoms with Crippen LogP contribution in [0.15, 0.2) is 35.0 Å². The van der Waals surface area contributed by atoms with E-state index in [1.54, 1.807) is 0 Å². The van der Waals surface area contributed by atoms with Crippen LogP contribution in [-0.2, 0) is 0 Å². The van der Waals surface area contributed by atoms with Crippen molar-refractivity contribution in [2.24, 2.45) is 10.7 Å². The van der Waals surface area contributed by atoms with Crippen molar-refractivity contribution in [3.05, 3.63) is 35.0 Å². The van der Waals surface area contributed by atoms with Gasteiger partial charge in [-0.25, -0.2) is 4.98 Å². The number of thiazole rings is 1. The first-order valence-corrected chi connectivity index (χ1v) is 6.46. The minimum atomic E-state index is -0.655. The maximum absolute atomic E-state index is 10.2. The lowest BCUT2D eigenvalue weighted by atomic mass is 10.0. The molecule has 2 aromatic rings. The molecule has 0 spiro atoms. The van der Waals surface area contributed by atoms with Gasteiger partial charge in [-0.15, -0.1) is 11.3 Å². The third-order valence-electron chi connectivity index (χ3n) is 2.98. The standard InChI is InChI=1S/C13H13N3OS/c1-13(2)10(17)9(11(14)16-13)12-15-7-5-3-4-6-8(7)18-12/h3-6,17H,1-2H3,(H2,14,16). The zero-order chi connectivity index (χ0) is 12.9. The summed E-state index contributed by atoms with van der Waals surface area (Å²) in [7, 11) is 0. The summed E-state index contributed by atoms with van der Waals surface area (Å²) >= 11 is 1.51. The van der Waals surface area contributed by atoms with Crippen molar-refractivity contribution in [3.63, 3.8) is 0 Å². The van der Waals surface area contributed by atoms with Gasteiger partial charge in [0.15, 0.2) is 0 Å². The molecule has 0 amide bonds. The molecule has 0 unspecified atom stereocenters. The van der Waals surface area contributed by atoms with Gasteiger partial charge in [-0.1, -0.05) is 12.1 Å². The lowest BCUT2D eigenvalue weighted by molar-refractivity contribution is 0.333. The van der Waals surface area contributed by atoms with E-state index in [9.17, 15) is 5.11 Å². The topological polar surface area (TPSA) is 71.5 Å². The summed E-state index contributed by atoms with van der Waals surface area (Å²) in [6.45, 7) is 3.66. The van der Waals surface area contributed by atoms with E-state index in [-0.39, 0.29) is 5.76 Å². The number of hydrogen-bond donors (Lipinski definition) is 2. The highest BCUT2D eigenvalue weighted by atomic mass is 32.1. The van der Waals surface area contributed by atoms with Crippen LogP contribution in [-0.4, -0.2) is 21.5 Å². The minimum Gasteiger partial charge on any atom is -0.509 e. The Balaban J connectivity index is 2.21. The van der Waals surface area contributed by atoms with E-state index >= 15 is 0 Å². The van der Waals surface area contributed by atoms with E-state index in [4.69, 9.17) is 5.73 Å². The Hall–Kier alpha value is -1.88. The Morgan fingerprint density at radius 2 is 2.00 bits per heavy atom. The SMILES string of the molecule is CC1(C)N=C(N)C(c2nc3ccccc3s2)=C1O. The van der Waals surface area contributed by atoms with Gasteiger partial charge in [-0.05, 0) is 26.0 Å². The molecule has 1 aromatic carbocycles. The fraction of sp³-hybridized carbons (Fsp3) is 0.231. The molecule has 18 heavy (non-hydrogen) atoms. The highest BCUT2D eigenvalue weighted by Crippen LogP contribution is 2.36. The van der Waals surface area contributed by atoms with Gasteiger partial charge in [0.05, 0.1) is 15.8 Å². The van der Waals surface area contributed by atoms with Crippen LogP contribution in [0.3, 0.4) is 0 Å². The van der Waals surface area contributed by atoms with Crippen LogP contribution in [0.2, 0.25) is 0 Å². The largest absolute Gasteiger partial charge is 0.509 e. The number of aromatic nitrogens is 1. The first-order valence-electron chi connectivity index (χ1n) is 5.64. The van der Waals surface area contributed by atoms with Gasteiger partial charge in [0, 0.05) is 0 Å². The Morgan fingerprint density at radius 3 is 2.61 bits per heavy atom. The number of rotatable bonds is 1. The van der Waals surface area contributed by atoms with E-state index in [0.717, 1.165) is 15.2 Å². The fourth-order valence-corrected chi connectivity index (χ4v) is 3.05. The number of hydrogen-bond acceptors (Lipinski definition) is 5. The Morgan fingerprint density at radius 1 is 1.28 bits per heavy atom. The van der Waals surface area contributed by atoms with Crippen molar-refractivity contribution in [1.82, 2.24) is 4.98 Å². The molecule has 1 aliphatic heterocycles. The lowest BCUT2D eigenvalue weighted by Crippen LogP contribution is -2.17. The van der Waals surface area contributed by atoms with Crippen molar-refractivity contribution >= 4 is 33.0 Å². The van der Waals surface area contributed by atoms with Gasteiger partial charge in [-0.2, -0.15) is 0 Å². The van der Waals surface area contributed by atoms with Gasteiger partial charge in [0.1, 0.15) is 22.1 Å². The normalized spacial score (nSPS) is 18.4. The number of amidine groups is 1. The number of benzene rings is 1. The van der Waals surface area contributed by atoms with Crippen LogP contribution < -0.4 is 5.73 Å². The molecular weight excluding hydrogens is 246 g/mol. The molecule has 1 aromatic heterocycles. The summed E-state index contributed by atoms with van der Waals surface area (Å²) in [5, 5.41) is 10.9. The Bertz CT molecular complexity index is 664. The summed E-state index contributed by atoms with van der Waals surface area (Å²) in [6, 6.07) is 7.85. The van der Waals surface area contributed by atoms with E-state index in [1.807, 2.05) is 38.1 Å². The molecule has 0 bridgehead atoms. The zero-order valence-corrected chi connectivity index (χ0v) is 11.0. The van der Waals surface area contributed by atoms with E-state index in [1.165, 1.54) is 11.3 Å². The highest BCUT2D eigenvalue weighted by Gasteiger charge is 2.35. The summed E-state index contributed by atoms with van der Waals surface area (Å²) in [5.74, 6) is 0.551. The van der Waals surface area contributed by atoms with Crippen LogP contribution in [0.5, 0.6) is 0 Å². The second kappa shape index (κ2) is 3.55. The van der Waals surface area contributed by atoms with E-state index < -0.39 is 5.54 Å². The van der Waals surface area contributed by atoms with E-state index in [0.29, 0.717) is 11.4 Å². The first kappa shape index (κ1) is 11.2. The maximum Gasteiger partial charge on any atom is 0.133 e. The molecule has 0 aliphatic carbocycles. The van der Waals surface area contributed by atoms with Crippen LogP contribution in [0.4, 0.5) is 0 Å². The number of para-hydroxylation sites is 1. The van der Waals surface area contributed by atoms with E-state index in [2.05, 4.69) is 9.98 Å². The van der Waals surface area contributed by atoms with Gasteiger partial charge >= 0.3 is 0 Å². The quantitative estimate of drug-likeness (QED) is 0.827. The van der Waals surface area contributed by atoms with Crippen molar-refractivity contribution in [3.8, 4) is 0 Å². The number of fused-ring (bicyclic) bond motifs is 1. The second-order valence-corrected chi connectivity index (χ2v) is 5.80. The number of aliphatic imine (C=N–C) groups is 1. The third-order valence-corrected chi connectivity index (χ3v) is 4.03. The predicted octanol–water partition coefficient (Wildman–Crippen LogP) is 2.71. The number of nitrogens with two attached hydrogens (primary N) is 1. The smallest absolute Gasteiger partial charge is 0.133 e. The molecule has 0 saturated heterocycles. The average molecular weight is 259 g/mol. The van der Waals surface area contributed by atoms with Crippen molar-refractivity contribution < 1.29 is 5.11 Å². The molecule has 0 radical (unpaired) electrons. The lowest BCUT2D eigenvalue weighted by Gasteiger charge is -2.13. The van der Waals surface area contributed by atoms with Gasteiger partial charge < -0.3 is 10.8 Å². The molecular formula is C13H13N3OS. The highest BCUT2D eigenvalue weighted by molar-refractivity contribution is 7.19. The van der Waals surface area contributed by atoms with Crippen molar-refractivity contribution in [2.45, 2.75) is 19.4 Å². The zero-order valence-electron chi connectivity index (χ0n) is 10.1. The van der Waals surface area contributed by atoms with Crippen LogP contribution in [0, 0.1) is 0 Å². The monoisotopic (exact) mass is 259 g/mol. The molecule has 1 aliphatic rings. The van der Waals surface area contributed by atoms with Crippen molar-refractivity contribution in [2.75, 3.05) is 0 Å². The van der Waals surface area contributed by atoms with Gasteiger partial charge in [0.2, 0.25) is 0 Å². The summed E-state index contributed by atoms with van der Waals surface area (Å²) in [5.41, 5.74) is 6.73. The van der Waals surface area contributed by atoms with Gasteiger partial charge in [-0.3, -0.25) is 4.99 Å². The fourth-order valence-electron chi connectivity index (χ4n) is 2.03. The average Bonchev–Trinajstić information content (AvgIpc) is 2.78. The summed E-state index contributed by atoms with van der Waals surface area (Å²) < 4.78 is 1.07. The third kappa shape index (κ3) is 1.51. The molecule has 3 rings (SSSR count). The predicted molar refractivity (Wildman–Crippen MR) is 74.9 cm³/mol. The van der Waals surface area contributed by atoms with Crippen LogP contribution in [0.25, 0.3) is 15.8 Å². The summed E-state index contributed by atoms with van der Waals surface area (Å²) in [4.78, 5) is 8.77. The molecule has 3 N–H and O–H groups in total. The van der Waals surface area contributed by atoms with Crippen LogP contribution in [0.1, 0.15) is 18.9 Å². The molecule has 0 fully saturated rings. The Kier molecular flexibility index (Phi) is 2.22. The summed E-state index contributed by atoms with van der Waals surface area (Å²) in [6.07, 6.45) is 0. The minimum absolute atomic E-state index is 0.194. The van der Waals surface area contributed by atoms with Gasteiger partial charge in [0.25, 0.3) is 0 Å². The molecule has 5 heteroatoms. The molecule has 0 atom stereocenters. The van der Waals surface area contributed by atoms with Crippen molar-refractivity contribution in [1.29, 1.82) is 0 Å². The molecule has 2 heterocycles. The number of aliphatic hydroxyl groups excluding tert-OH is 1. The number of aliphatic hydroxyl groups is 1. The molecule has 92 valence electrons.